The fourth-order valence-electron chi connectivity index (χ4n) is 4.94. The Balaban J connectivity index is 1.47. The highest BCUT2D eigenvalue weighted by Crippen LogP contribution is 2.38. The third-order valence-corrected chi connectivity index (χ3v) is 8.00. The molecule has 0 aliphatic carbocycles. The maximum atomic E-state index is 11.7. The van der Waals surface area contributed by atoms with Gasteiger partial charge in [0.2, 0.25) is 0 Å². The highest BCUT2D eigenvalue weighted by molar-refractivity contribution is 6.35. The fourth-order valence-corrected chi connectivity index (χ4v) is 5.45. The average Bonchev–Trinajstić information content (AvgIpc) is 3.44. The molecule has 1 aliphatic heterocycles. The number of ether oxygens (including phenoxy) is 2. The summed E-state index contributed by atoms with van der Waals surface area (Å²) in [5.41, 5.74) is 4.21. The number of rotatable bonds is 14. The molecule has 3 aromatic carbocycles. The van der Waals surface area contributed by atoms with Gasteiger partial charge in [-0.25, -0.2) is 5.06 Å². The summed E-state index contributed by atoms with van der Waals surface area (Å²) in [4.78, 5) is 19.7. The van der Waals surface area contributed by atoms with Crippen molar-refractivity contribution in [2.75, 3.05) is 33.3 Å². The minimum Gasteiger partial charge on any atom is -0.492 e. The van der Waals surface area contributed by atoms with E-state index < -0.39 is 0 Å². The molecule has 230 valence electrons. The molecule has 1 N–H and O–H groups in total. The van der Waals surface area contributed by atoms with E-state index in [0.29, 0.717) is 29.4 Å². The first-order chi connectivity index (χ1) is 21.2. The van der Waals surface area contributed by atoms with Crippen LogP contribution in [-0.2, 0) is 6.61 Å². The normalized spacial score (nSPS) is 15.0. The maximum Gasteiger partial charge on any atom is 0.169 e. The first kappa shape index (κ1) is 32.9. The van der Waals surface area contributed by atoms with Crippen molar-refractivity contribution in [3.05, 3.63) is 99.7 Å². The van der Waals surface area contributed by atoms with Crippen molar-refractivity contribution in [1.82, 2.24) is 9.96 Å². The molecule has 1 aliphatic rings. The van der Waals surface area contributed by atoms with E-state index in [0.717, 1.165) is 54.7 Å². The number of halogens is 2. The van der Waals surface area contributed by atoms with E-state index in [1.807, 2.05) is 49.4 Å². The van der Waals surface area contributed by atoms with Gasteiger partial charge in [-0.05, 0) is 54.7 Å². The van der Waals surface area contributed by atoms with Crippen LogP contribution in [0, 0.1) is 18.3 Å². The molecule has 0 unspecified atom stereocenters. The van der Waals surface area contributed by atoms with Crippen molar-refractivity contribution in [3.63, 3.8) is 0 Å². The molecular weight excluding hydrogens is 601 g/mol. The molecule has 0 radical (unpaired) electrons. The molecule has 8 nitrogen and oxygen atoms in total. The van der Waals surface area contributed by atoms with Gasteiger partial charge in [0.05, 0.1) is 40.1 Å². The molecule has 10 heteroatoms. The summed E-state index contributed by atoms with van der Waals surface area (Å²) in [6.45, 7) is 8.82. The Morgan fingerprint density at radius 1 is 1.16 bits per heavy atom. The van der Waals surface area contributed by atoms with Crippen LogP contribution in [0.2, 0.25) is 10.0 Å². The summed E-state index contributed by atoms with van der Waals surface area (Å²) in [6, 6.07) is 16.7. The van der Waals surface area contributed by atoms with Crippen molar-refractivity contribution in [2.24, 2.45) is 0 Å². The molecule has 1 atom stereocenters. The SMILES string of the molecule is C=C/C(C#N)=C\N(C)Oc1cc(OCc2cccc(-c3cccc(OCCCN4CC[C@@H](O)C4)c3Cl)c2C)c(Cl)cc1C=O. The fraction of sp³-hybridized carbons (Fsp3) is 0.294. The number of hydroxylamine groups is 2. The predicted octanol–water partition coefficient (Wildman–Crippen LogP) is 7.01. The Hall–Kier alpha value is -4.00. The minimum atomic E-state index is -0.227. The number of nitrogens with zero attached hydrogens (tertiary/aromatic N) is 3. The highest BCUT2D eigenvalue weighted by atomic mass is 35.5. The standard InChI is InChI=1S/C34H35Cl2N3O5/c1-4-24(18-37)19-38(3)44-32-17-33(30(35)16-26(32)21-40)43-22-25-8-5-9-28(23(25)2)29-10-6-11-31(34(29)36)42-15-7-13-39-14-12-27(41)20-39/h4-6,8-11,16-17,19,21,27,41H,1,7,12-15,20,22H2,2-3H3/b24-19+/t27-/m1/s1. The second-order valence-electron chi connectivity index (χ2n) is 10.4. The number of allylic oxidation sites excluding steroid dienone is 2. The number of nitriles is 1. The zero-order valence-electron chi connectivity index (χ0n) is 24.8. The molecule has 0 saturated carbocycles. The van der Waals surface area contributed by atoms with E-state index >= 15 is 0 Å². The number of benzene rings is 3. The maximum absolute atomic E-state index is 11.7. The second-order valence-corrected chi connectivity index (χ2v) is 11.2. The number of carbonyl (C=O) groups excluding carboxylic acids is 1. The number of aliphatic hydroxyl groups excluding tert-OH is 1. The van der Waals surface area contributed by atoms with Gasteiger partial charge in [-0.15, -0.1) is 0 Å². The summed E-state index contributed by atoms with van der Waals surface area (Å²) in [5.74, 6) is 1.16. The molecule has 1 saturated heterocycles. The monoisotopic (exact) mass is 635 g/mol. The van der Waals surface area contributed by atoms with Gasteiger partial charge in [0.1, 0.15) is 24.2 Å². The van der Waals surface area contributed by atoms with Crippen molar-refractivity contribution >= 4 is 29.5 Å². The largest absolute Gasteiger partial charge is 0.492 e. The van der Waals surface area contributed by atoms with Crippen molar-refractivity contribution < 1.29 is 24.2 Å². The van der Waals surface area contributed by atoms with Crippen LogP contribution in [0.1, 0.15) is 34.3 Å². The first-order valence-electron chi connectivity index (χ1n) is 14.2. The lowest BCUT2D eigenvalue weighted by molar-refractivity contribution is 0.0199. The van der Waals surface area contributed by atoms with Gasteiger partial charge in [-0.2, -0.15) is 5.26 Å². The molecule has 4 rings (SSSR count). The van der Waals surface area contributed by atoms with Crippen LogP contribution < -0.4 is 14.3 Å². The molecule has 0 bridgehead atoms. The van der Waals surface area contributed by atoms with E-state index in [1.165, 1.54) is 23.4 Å². The van der Waals surface area contributed by atoms with Crippen LogP contribution in [-0.4, -0.2) is 60.7 Å². The van der Waals surface area contributed by atoms with Gasteiger partial charge >= 0.3 is 0 Å². The Morgan fingerprint density at radius 2 is 1.93 bits per heavy atom. The smallest absolute Gasteiger partial charge is 0.169 e. The molecule has 44 heavy (non-hydrogen) atoms. The Bertz CT molecular complexity index is 1570. The lowest BCUT2D eigenvalue weighted by Gasteiger charge is -2.19. The molecule has 1 fully saturated rings. The van der Waals surface area contributed by atoms with E-state index in [9.17, 15) is 9.90 Å². The number of aliphatic hydroxyl groups is 1. The van der Waals surface area contributed by atoms with Gasteiger partial charge in [0, 0.05) is 38.3 Å². The summed E-state index contributed by atoms with van der Waals surface area (Å²) in [6.07, 6.45) is 4.91. The predicted molar refractivity (Wildman–Crippen MR) is 172 cm³/mol. The van der Waals surface area contributed by atoms with Crippen molar-refractivity contribution in [3.8, 4) is 34.4 Å². The summed E-state index contributed by atoms with van der Waals surface area (Å²) < 4.78 is 12.1. The third kappa shape index (κ3) is 8.34. The molecule has 3 aromatic rings. The lowest BCUT2D eigenvalue weighted by atomic mass is 9.96. The third-order valence-electron chi connectivity index (χ3n) is 7.31. The zero-order chi connectivity index (χ0) is 31.6. The van der Waals surface area contributed by atoms with E-state index in [2.05, 4.69) is 11.5 Å². The van der Waals surface area contributed by atoms with E-state index in [1.54, 1.807) is 13.1 Å². The van der Waals surface area contributed by atoms with Crippen LogP contribution in [0.15, 0.2) is 73.0 Å². The quantitative estimate of drug-likeness (QED) is 0.0664. The van der Waals surface area contributed by atoms with Crippen LogP contribution in [0.5, 0.6) is 17.2 Å². The Kier molecular flexibility index (Phi) is 11.7. The molecule has 0 amide bonds. The topological polar surface area (TPSA) is 95.3 Å². The average molecular weight is 637 g/mol. The molecular formula is C34H35Cl2N3O5. The van der Waals surface area contributed by atoms with Gasteiger partial charge in [-0.1, -0.05) is 60.1 Å². The second kappa shape index (κ2) is 15.6. The number of hydrogen-bond donors (Lipinski definition) is 1. The summed E-state index contributed by atoms with van der Waals surface area (Å²) >= 11 is 13.3. The van der Waals surface area contributed by atoms with Gasteiger partial charge in [0.25, 0.3) is 0 Å². The van der Waals surface area contributed by atoms with Gasteiger partial charge in [-0.3, -0.25) is 4.79 Å². The van der Waals surface area contributed by atoms with Crippen molar-refractivity contribution in [2.45, 2.75) is 32.5 Å². The number of β-amino-alcohol motifs (C(OH)–C–C–N with tert-alkyl or cyclic N) is 1. The molecule has 0 aromatic heterocycles. The van der Waals surface area contributed by atoms with Crippen molar-refractivity contribution in [1.29, 1.82) is 5.26 Å². The van der Waals surface area contributed by atoms with E-state index in [-0.39, 0.29) is 34.6 Å². The van der Waals surface area contributed by atoms with Crippen LogP contribution in [0.4, 0.5) is 0 Å². The highest BCUT2D eigenvalue weighted by Gasteiger charge is 2.20. The zero-order valence-corrected chi connectivity index (χ0v) is 26.3. The number of likely N-dealkylation sites (tertiary alicyclic amines) is 1. The molecule has 1 heterocycles. The van der Waals surface area contributed by atoms with Gasteiger partial charge in [0.15, 0.2) is 12.0 Å². The van der Waals surface area contributed by atoms with Crippen LogP contribution in [0.25, 0.3) is 11.1 Å². The summed E-state index contributed by atoms with van der Waals surface area (Å²) in [7, 11) is 1.59. The minimum absolute atomic E-state index is 0.197. The van der Waals surface area contributed by atoms with Crippen LogP contribution in [0.3, 0.4) is 0 Å². The summed E-state index contributed by atoms with van der Waals surface area (Å²) in [5, 5.41) is 20.9. The van der Waals surface area contributed by atoms with E-state index in [4.69, 9.17) is 42.8 Å². The molecule has 0 spiro atoms. The first-order valence-corrected chi connectivity index (χ1v) is 15.0. The number of carbonyl (C=O) groups is 1. The Labute approximate surface area is 268 Å². The Morgan fingerprint density at radius 3 is 2.64 bits per heavy atom. The number of hydrogen-bond acceptors (Lipinski definition) is 8. The van der Waals surface area contributed by atoms with Crippen LogP contribution >= 0.6 is 23.2 Å². The van der Waals surface area contributed by atoms with Gasteiger partial charge < -0.3 is 24.3 Å². The number of aldehydes is 1. The lowest BCUT2D eigenvalue weighted by Crippen LogP contribution is -2.24.